The highest BCUT2D eigenvalue weighted by Gasteiger charge is 2.51. The van der Waals surface area contributed by atoms with E-state index < -0.39 is 81.8 Å². The number of hydrogen-bond donors (Lipinski definition) is 7. The minimum Gasteiger partial charge on any atom is -0.462 e. The molecule has 1 aliphatic carbocycles. The SMILES string of the molecule is CC/C=C\C/C=C\C/C=C\C/C=C\C/C=C\CCCCCC(=O)OC[C@H](COP(=O)(O)OC1[C@H](O)[C@H](O)C(O)[C@H](O)[C@H]1O)OC(=O)CCCC(O)/C=C/C=C/C/C=C/CCCCCCCC. The summed E-state index contributed by atoms with van der Waals surface area (Å²) in [6.45, 7) is 2.98. The van der Waals surface area contributed by atoms with Gasteiger partial charge in [0.2, 0.25) is 0 Å². The Morgan fingerprint density at radius 3 is 1.62 bits per heavy atom. The number of phosphoric acid groups is 1. The molecule has 1 saturated carbocycles. The van der Waals surface area contributed by atoms with E-state index >= 15 is 0 Å². The van der Waals surface area contributed by atoms with Crippen LogP contribution >= 0.6 is 7.82 Å². The van der Waals surface area contributed by atoms with E-state index in [0.717, 1.165) is 64.2 Å². The highest BCUT2D eigenvalue weighted by atomic mass is 31.2. The fraction of sp³-hybridized carbons (Fsp3) is 0.647. The van der Waals surface area contributed by atoms with E-state index in [1.165, 1.54) is 38.5 Å². The summed E-state index contributed by atoms with van der Waals surface area (Å²) in [7, 11) is -5.19. The van der Waals surface area contributed by atoms with Crippen LogP contribution in [0.3, 0.4) is 0 Å². The minimum atomic E-state index is -5.19. The van der Waals surface area contributed by atoms with Crippen molar-refractivity contribution in [1.29, 1.82) is 0 Å². The Morgan fingerprint density at radius 2 is 1.05 bits per heavy atom. The number of ether oxygens (including phenoxy) is 2. The van der Waals surface area contributed by atoms with Crippen LogP contribution in [0.5, 0.6) is 0 Å². The van der Waals surface area contributed by atoms with E-state index in [9.17, 15) is 49.7 Å². The van der Waals surface area contributed by atoms with Gasteiger partial charge in [0.15, 0.2) is 6.10 Å². The Morgan fingerprint density at radius 1 is 0.561 bits per heavy atom. The molecule has 0 heterocycles. The molecule has 0 radical (unpaired) electrons. The first-order chi connectivity index (χ1) is 31.8. The van der Waals surface area contributed by atoms with Crippen molar-refractivity contribution in [2.24, 2.45) is 0 Å². The average Bonchev–Trinajstić information content (AvgIpc) is 3.29. The second-order valence-corrected chi connectivity index (χ2v) is 17.8. The number of carbonyl (C=O) groups excluding carboxylic acids is 2. The first-order valence-corrected chi connectivity index (χ1v) is 25.6. The zero-order valence-electron chi connectivity index (χ0n) is 39.6. The highest BCUT2D eigenvalue weighted by Crippen LogP contribution is 2.47. The Bertz CT molecular complexity index is 1540. The highest BCUT2D eigenvalue weighted by molar-refractivity contribution is 7.47. The fourth-order valence-electron chi connectivity index (χ4n) is 6.62. The molecule has 1 fully saturated rings. The number of unbranched alkanes of at least 4 members (excludes halogenated alkanes) is 9. The molecular weight excluding hydrogens is 868 g/mol. The Hall–Kier alpha value is -3.27. The van der Waals surface area contributed by atoms with Gasteiger partial charge in [0.25, 0.3) is 0 Å². The van der Waals surface area contributed by atoms with Gasteiger partial charge in [-0.1, -0.05) is 150 Å². The van der Waals surface area contributed by atoms with Gasteiger partial charge in [0.05, 0.1) is 12.7 Å². The van der Waals surface area contributed by atoms with Crippen LogP contribution < -0.4 is 0 Å². The molecule has 0 saturated heterocycles. The van der Waals surface area contributed by atoms with Crippen LogP contribution in [0.2, 0.25) is 0 Å². The summed E-state index contributed by atoms with van der Waals surface area (Å²) in [4.78, 5) is 35.8. The van der Waals surface area contributed by atoms with E-state index in [0.29, 0.717) is 6.42 Å². The summed E-state index contributed by atoms with van der Waals surface area (Å²) in [6, 6.07) is 0. The van der Waals surface area contributed by atoms with Crippen LogP contribution in [0, 0.1) is 0 Å². The van der Waals surface area contributed by atoms with Gasteiger partial charge in [-0.2, -0.15) is 0 Å². The molecule has 0 aromatic carbocycles. The van der Waals surface area contributed by atoms with Crippen LogP contribution in [0.25, 0.3) is 0 Å². The molecule has 0 aromatic rings. The fourth-order valence-corrected chi connectivity index (χ4v) is 7.59. The van der Waals surface area contributed by atoms with Gasteiger partial charge in [-0.05, 0) is 83.5 Å². The number of aliphatic hydroxyl groups is 6. The van der Waals surface area contributed by atoms with Crippen LogP contribution in [-0.4, -0.2) is 110 Å². The third-order valence-electron chi connectivity index (χ3n) is 10.5. The molecule has 0 bridgehead atoms. The summed E-state index contributed by atoms with van der Waals surface area (Å²) in [5.74, 6) is -1.34. The number of esters is 2. The third kappa shape index (κ3) is 31.7. The molecule has 14 nitrogen and oxygen atoms in total. The number of carbonyl (C=O) groups is 2. The molecule has 0 spiro atoms. The molecule has 0 amide bonds. The smallest absolute Gasteiger partial charge is 0.462 e. The lowest BCUT2D eigenvalue weighted by atomic mass is 9.85. The first-order valence-electron chi connectivity index (χ1n) is 24.1. The number of allylic oxidation sites excluding steroid dienone is 15. The van der Waals surface area contributed by atoms with Gasteiger partial charge >= 0.3 is 19.8 Å². The van der Waals surface area contributed by atoms with Crippen LogP contribution in [-0.2, 0) is 32.7 Å². The lowest BCUT2D eigenvalue weighted by Gasteiger charge is -2.41. The molecule has 7 N–H and O–H groups in total. The summed E-state index contributed by atoms with van der Waals surface area (Å²) < 4.78 is 33.4. The number of rotatable bonds is 38. The number of aliphatic hydroxyl groups excluding tert-OH is 6. The van der Waals surface area contributed by atoms with Crippen molar-refractivity contribution >= 4 is 19.8 Å². The maximum absolute atomic E-state index is 12.8. The van der Waals surface area contributed by atoms with Gasteiger partial charge in [0.1, 0.15) is 43.2 Å². The summed E-state index contributed by atoms with van der Waals surface area (Å²) >= 11 is 0. The molecular formula is C51H83O14P. The monoisotopic (exact) mass is 951 g/mol. The third-order valence-corrected chi connectivity index (χ3v) is 11.5. The number of phosphoric ester groups is 1. The van der Waals surface area contributed by atoms with Crippen molar-refractivity contribution in [2.75, 3.05) is 13.2 Å². The Kier molecular flexibility index (Phi) is 36.5. The summed E-state index contributed by atoms with van der Waals surface area (Å²) in [5.41, 5.74) is 0. The number of hydrogen-bond acceptors (Lipinski definition) is 13. The minimum absolute atomic E-state index is 0.0826. The molecule has 66 heavy (non-hydrogen) atoms. The molecule has 15 heteroatoms. The van der Waals surface area contributed by atoms with Crippen molar-refractivity contribution < 1.29 is 68.2 Å². The van der Waals surface area contributed by atoms with Crippen LogP contribution in [0.4, 0.5) is 0 Å². The molecule has 9 atom stereocenters. The quantitative estimate of drug-likeness (QED) is 0.0101. The van der Waals surface area contributed by atoms with Crippen LogP contribution in [0.1, 0.15) is 149 Å². The molecule has 4 unspecified atom stereocenters. The topological polar surface area (TPSA) is 230 Å². The van der Waals surface area contributed by atoms with Gasteiger partial charge in [-0.3, -0.25) is 18.6 Å². The van der Waals surface area contributed by atoms with E-state index in [-0.39, 0.29) is 25.7 Å². The maximum Gasteiger partial charge on any atom is 0.472 e. The van der Waals surface area contributed by atoms with E-state index in [2.05, 4.69) is 86.8 Å². The predicted octanol–water partition coefficient (Wildman–Crippen LogP) is 8.80. The van der Waals surface area contributed by atoms with E-state index in [1.54, 1.807) is 12.2 Å². The van der Waals surface area contributed by atoms with Crippen molar-refractivity contribution in [2.45, 2.75) is 198 Å². The van der Waals surface area contributed by atoms with Gasteiger partial charge in [-0.15, -0.1) is 0 Å². The van der Waals surface area contributed by atoms with Crippen molar-refractivity contribution in [3.05, 3.63) is 97.2 Å². The average molecular weight is 951 g/mol. The lowest BCUT2D eigenvalue weighted by Crippen LogP contribution is -2.64. The normalized spacial score (nSPS) is 22.6. The molecule has 376 valence electrons. The van der Waals surface area contributed by atoms with Gasteiger partial charge < -0.3 is 45.0 Å². The van der Waals surface area contributed by atoms with Crippen molar-refractivity contribution in [3.63, 3.8) is 0 Å². The largest absolute Gasteiger partial charge is 0.472 e. The van der Waals surface area contributed by atoms with Gasteiger partial charge in [0, 0.05) is 12.8 Å². The first kappa shape index (κ1) is 60.7. The summed E-state index contributed by atoms with van der Waals surface area (Å²) in [5, 5.41) is 60.6. The summed E-state index contributed by atoms with van der Waals surface area (Å²) in [6.07, 6.45) is 36.2. The molecule has 0 aliphatic heterocycles. The second kappa shape index (κ2) is 39.7. The van der Waals surface area contributed by atoms with Crippen molar-refractivity contribution in [3.8, 4) is 0 Å². The zero-order chi connectivity index (χ0) is 48.7. The van der Waals surface area contributed by atoms with E-state index in [4.69, 9.17) is 18.5 Å². The molecule has 0 aromatic heterocycles. The predicted molar refractivity (Wildman–Crippen MR) is 259 cm³/mol. The standard InChI is InChI=1S/C51H83O14P/c1-3-5-7-9-11-13-15-17-18-19-20-21-22-24-26-28-30-32-34-38-44(53)62-40-43(41-63-66(60,61)65-51-49(58)47(56)46(55)48(57)50(51)59)64-45(54)39-35-37-42(52)36-33-31-29-27-25-23-16-14-12-10-8-6-4-2/h5,7,11,13,17-18,20-21,23-26,29,31,33,36,42-43,46-52,55-59H,3-4,6,8-10,12,14-16,19,22,27-28,30,32,34-35,37-41H2,1-2H3,(H,60,61)/b7-5-,13-11-,18-17-,21-20-,25-23+,26-24-,31-29+,36-33+/t42?,43-,46?,47-,48+,49-,50-,51?/m1/s1. The lowest BCUT2D eigenvalue weighted by molar-refractivity contribution is -0.220. The molecule has 1 rings (SSSR count). The maximum atomic E-state index is 12.8. The van der Waals surface area contributed by atoms with Crippen molar-refractivity contribution in [1.82, 2.24) is 0 Å². The molecule has 1 aliphatic rings. The van der Waals surface area contributed by atoms with E-state index in [1.807, 2.05) is 12.2 Å². The Balaban J connectivity index is 2.56. The second-order valence-electron chi connectivity index (χ2n) is 16.4. The van der Waals surface area contributed by atoms with Crippen LogP contribution in [0.15, 0.2) is 97.2 Å². The Labute approximate surface area is 394 Å². The van der Waals surface area contributed by atoms with Gasteiger partial charge in [-0.25, -0.2) is 4.57 Å². The zero-order valence-corrected chi connectivity index (χ0v) is 40.4.